The number of benzene rings is 1. The Balaban J connectivity index is 1.70. The Kier molecular flexibility index (Phi) is 4.45. The molecule has 6 heteroatoms. The fraction of sp³-hybridized carbons (Fsp3) is 0.500. The molecule has 3 N–H and O–H groups in total. The van der Waals surface area contributed by atoms with Crippen molar-refractivity contribution in [3.63, 3.8) is 0 Å². The molecule has 1 aliphatic heterocycles. The third-order valence-corrected chi connectivity index (χ3v) is 6.93. The van der Waals surface area contributed by atoms with Crippen molar-refractivity contribution in [1.82, 2.24) is 9.88 Å². The molecule has 5 nitrogen and oxygen atoms in total. The third-order valence-electron chi connectivity index (χ3n) is 6.17. The van der Waals surface area contributed by atoms with Gasteiger partial charge in [0.15, 0.2) is 0 Å². The van der Waals surface area contributed by atoms with E-state index in [-0.39, 0.29) is 0 Å². The summed E-state index contributed by atoms with van der Waals surface area (Å²) in [4.78, 5) is 17.5. The number of carbonyl (C=O) groups is 1. The van der Waals surface area contributed by atoms with Gasteiger partial charge in [-0.2, -0.15) is 5.26 Å². The molecule has 0 saturated carbocycles. The molecule has 4 atom stereocenters. The molecular formula is C20H24N4OS. The van der Waals surface area contributed by atoms with Crippen LogP contribution in [0.25, 0.3) is 10.9 Å². The van der Waals surface area contributed by atoms with Crippen molar-refractivity contribution in [2.45, 2.75) is 36.2 Å². The molecule has 26 heavy (non-hydrogen) atoms. The van der Waals surface area contributed by atoms with Crippen LogP contribution in [0.15, 0.2) is 23.2 Å². The first kappa shape index (κ1) is 17.4. The Hall–Kier alpha value is -1.97. The number of hydrogen-bond acceptors (Lipinski definition) is 4. The Morgan fingerprint density at radius 1 is 1.54 bits per heavy atom. The molecule has 1 aromatic carbocycles. The third kappa shape index (κ3) is 2.70. The monoisotopic (exact) mass is 368 g/mol. The predicted octanol–water partition coefficient (Wildman–Crippen LogP) is 2.86. The summed E-state index contributed by atoms with van der Waals surface area (Å²) in [5.41, 5.74) is 9.47. The van der Waals surface area contributed by atoms with Gasteiger partial charge in [-0.25, -0.2) is 0 Å². The minimum atomic E-state index is -0.685. The van der Waals surface area contributed by atoms with Gasteiger partial charge < -0.3 is 15.6 Å². The van der Waals surface area contributed by atoms with Gasteiger partial charge in [0.25, 0.3) is 0 Å². The normalized spacial score (nSPS) is 26.3. The molecule has 0 bridgehead atoms. The van der Waals surface area contributed by atoms with Crippen LogP contribution >= 0.6 is 11.8 Å². The zero-order valence-corrected chi connectivity index (χ0v) is 16.0. The number of piperidine rings is 1. The lowest BCUT2D eigenvalue weighted by Crippen LogP contribution is -2.48. The van der Waals surface area contributed by atoms with Crippen LogP contribution in [0.4, 0.5) is 0 Å². The first-order chi connectivity index (χ1) is 12.5. The van der Waals surface area contributed by atoms with Gasteiger partial charge in [-0.15, -0.1) is 11.8 Å². The van der Waals surface area contributed by atoms with Crippen LogP contribution in [0.1, 0.15) is 29.9 Å². The van der Waals surface area contributed by atoms with Crippen LogP contribution in [0.3, 0.4) is 0 Å². The van der Waals surface area contributed by atoms with E-state index in [0.717, 1.165) is 19.4 Å². The standard InChI is InChI=1S/C20H24N4OS/c1-24-10-11(6-12(9-21)19(22)25)7-14-13-4-3-5-16-18(13)15(8-17(14)24)20(23-16)26-2/h3-5,11-12,14,17,23H,6-8,10H2,1-2H3,(H2,22,25)/t11?,12?,14-,17-/m1/s1. The molecule has 2 aliphatic rings. The summed E-state index contributed by atoms with van der Waals surface area (Å²) in [6.07, 6.45) is 4.75. The summed E-state index contributed by atoms with van der Waals surface area (Å²) in [5.74, 6) is -0.433. The zero-order valence-electron chi connectivity index (χ0n) is 15.2. The minimum Gasteiger partial charge on any atom is -0.369 e. The number of aromatic amines is 1. The highest BCUT2D eigenvalue weighted by Crippen LogP contribution is 2.47. The maximum atomic E-state index is 11.5. The average molecular weight is 369 g/mol. The van der Waals surface area contributed by atoms with Crippen molar-refractivity contribution in [3.8, 4) is 6.07 Å². The average Bonchev–Trinajstić information content (AvgIpc) is 2.99. The molecule has 1 aliphatic carbocycles. The number of aromatic nitrogens is 1. The molecule has 0 radical (unpaired) electrons. The molecule has 2 unspecified atom stereocenters. The number of H-pyrrole nitrogens is 1. The topological polar surface area (TPSA) is 85.9 Å². The number of nitrogens with zero attached hydrogens (tertiary/aromatic N) is 2. The summed E-state index contributed by atoms with van der Waals surface area (Å²) < 4.78 is 0. The van der Waals surface area contributed by atoms with Gasteiger partial charge in [-0.1, -0.05) is 12.1 Å². The molecule has 2 heterocycles. The molecule has 1 aromatic heterocycles. The highest BCUT2D eigenvalue weighted by Gasteiger charge is 2.41. The predicted molar refractivity (Wildman–Crippen MR) is 104 cm³/mol. The van der Waals surface area contributed by atoms with Gasteiger partial charge in [0.05, 0.1) is 11.1 Å². The lowest BCUT2D eigenvalue weighted by molar-refractivity contribution is -0.120. The maximum absolute atomic E-state index is 11.5. The van der Waals surface area contributed by atoms with Crippen LogP contribution < -0.4 is 5.73 Å². The van der Waals surface area contributed by atoms with Crippen molar-refractivity contribution in [1.29, 1.82) is 5.26 Å². The van der Waals surface area contributed by atoms with Gasteiger partial charge >= 0.3 is 0 Å². The number of likely N-dealkylation sites (tertiary alicyclic amines) is 1. The Labute approximate surface area is 157 Å². The number of fused-ring (bicyclic) bond motifs is 2. The molecular weight excluding hydrogens is 344 g/mol. The molecule has 1 amide bonds. The largest absolute Gasteiger partial charge is 0.369 e. The second-order valence-electron chi connectivity index (χ2n) is 7.65. The van der Waals surface area contributed by atoms with E-state index < -0.39 is 11.8 Å². The van der Waals surface area contributed by atoms with E-state index in [1.807, 2.05) is 0 Å². The first-order valence-corrected chi connectivity index (χ1v) is 10.3. The van der Waals surface area contributed by atoms with Crippen molar-refractivity contribution in [3.05, 3.63) is 29.3 Å². The number of nitrogens with two attached hydrogens (primary N) is 1. The number of primary amides is 1. The maximum Gasteiger partial charge on any atom is 0.234 e. The number of likely N-dealkylation sites (N-methyl/N-ethyl adjacent to an activating group) is 1. The zero-order chi connectivity index (χ0) is 18.4. The number of carbonyl (C=O) groups excluding carboxylic acids is 1. The summed E-state index contributed by atoms with van der Waals surface area (Å²) in [6.45, 7) is 0.914. The van der Waals surface area contributed by atoms with Crippen LogP contribution in [0.2, 0.25) is 0 Å². The molecule has 2 aromatic rings. The fourth-order valence-corrected chi connectivity index (χ4v) is 5.66. The minimum absolute atomic E-state index is 0.314. The molecule has 136 valence electrons. The Morgan fingerprint density at radius 2 is 2.35 bits per heavy atom. The van der Waals surface area contributed by atoms with E-state index in [2.05, 4.69) is 47.5 Å². The Bertz CT molecular complexity index is 899. The van der Waals surface area contributed by atoms with Crippen molar-refractivity contribution >= 4 is 28.6 Å². The summed E-state index contributed by atoms with van der Waals surface area (Å²) >= 11 is 1.78. The SMILES string of the molecule is CSc1[nH]c2cccc3c2c1C[C@@H]1[C@@H]3CC(CC(C#N)C(N)=O)CN1C. The van der Waals surface area contributed by atoms with Crippen LogP contribution in [-0.4, -0.2) is 41.7 Å². The lowest BCUT2D eigenvalue weighted by Gasteiger charge is -2.46. The second kappa shape index (κ2) is 6.64. The van der Waals surface area contributed by atoms with Gasteiger partial charge in [0.2, 0.25) is 5.91 Å². The quantitative estimate of drug-likeness (QED) is 0.813. The molecule has 0 spiro atoms. The van der Waals surface area contributed by atoms with Gasteiger partial charge in [0.1, 0.15) is 5.92 Å². The van der Waals surface area contributed by atoms with Crippen molar-refractivity contribution < 1.29 is 4.79 Å². The Morgan fingerprint density at radius 3 is 3.04 bits per heavy atom. The number of thioether (sulfide) groups is 1. The summed E-state index contributed by atoms with van der Waals surface area (Å²) in [7, 11) is 2.17. The van der Waals surface area contributed by atoms with Crippen LogP contribution in [-0.2, 0) is 11.2 Å². The number of hydrogen-bond donors (Lipinski definition) is 2. The van der Waals surface area contributed by atoms with Crippen molar-refractivity contribution in [2.24, 2.45) is 17.6 Å². The van der Waals surface area contributed by atoms with Gasteiger partial charge in [0, 0.05) is 29.4 Å². The highest BCUT2D eigenvalue weighted by molar-refractivity contribution is 7.98. The second-order valence-corrected chi connectivity index (χ2v) is 8.46. The van der Waals surface area contributed by atoms with E-state index >= 15 is 0 Å². The highest BCUT2D eigenvalue weighted by atomic mass is 32.2. The number of nitriles is 1. The fourth-order valence-electron chi connectivity index (χ4n) is 5.02. The van der Waals surface area contributed by atoms with E-state index in [9.17, 15) is 10.1 Å². The lowest BCUT2D eigenvalue weighted by atomic mass is 9.71. The van der Waals surface area contributed by atoms with Crippen LogP contribution in [0.5, 0.6) is 0 Å². The summed E-state index contributed by atoms with van der Waals surface area (Å²) in [5, 5.41) is 11.9. The molecule has 4 rings (SSSR count). The van der Waals surface area contributed by atoms with E-state index in [1.54, 1.807) is 11.8 Å². The number of rotatable bonds is 4. The van der Waals surface area contributed by atoms with Gasteiger partial charge in [-0.05, 0) is 55.7 Å². The molecule has 1 fully saturated rings. The number of amides is 1. The van der Waals surface area contributed by atoms with E-state index in [1.165, 1.54) is 27.1 Å². The van der Waals surface area contributed by atoms with E-state index in [4.69, 9.17) is 5.73 Å². The number of nitrogens with one attached hydrogen (secondary N) is 1. The molecule has 1 saturated heterocycles. The van der Waals surface area contributed by atoms with Crippen molar-refractivity contribution in [2.75, 3.05) is 19.8 Å². The first-order valence-electron chi connectivity index (χ1n) is 9.10. The van der Waals surface area contributed by atoms with E-state index in [0.29, 0.717) is 24.3 Å². The van der Waals surface area contributed by atoms with Gasteiger partial charge in [-0.3, -0.25) is 4.79 Å². The smallest absolute Gasteiger partial charge is 0.234 e. The van der Waals surface area contributed by atoms with Crippen LogP contribution in [0, 0.1) is 23.2 Å². The summed E-state index contributed by atoms with van der Waals surface area (Å²) in [6, 6.07) is 9.10.